The summed E-state index contributed by atoms with van der Waals surface area (Å²) in [4.78, 5) is 27.2. The van der Waals surface area contributed by atoms with Crippen LogP contribution in [0.1, 0.15) is 31.8 Å². The second-order valence-electron chi connectivity index (χ2n) is 10.1. The number of carbonyl (C=O) groups excluding carboxylic acids is 2. The van der Waals surface area contributed by atoms with Gasteiger partial charge < -0.3 is 0 Å². The molecule has 7 aromatic rings. The van der Waals surface area contributed by atoms with E-state index in [2.05, 4.69) is 0 Å². The largest absolute Gasteiger partial charge is 0.289 e. The van der Waals surface area contributed by atoms with Crippen LogP contribution in [0.5, 0.6) is 0 Å². The maximum Gasteiger partial charge on any atom is 0.194 e. The van der Waals surface area contributed by atoms with Crippen molar-refractivity contribution in [3.63, 3.8) is 0 Å². The molecule has 0 bridgehead atoms. The Kier molecular flexibility index (Phi) is 3.71. The lowest BCUT2D eigenvalue weighted by Crippen LogP contribution is -2.12. The van der Waals surface area contributed by atoms with Gasteiger partial charge in [0.05, 0.1) is 0 Å². The summed E-state index contributed by atoms with van der Waals surface area (Å²) in [6.45, 7) is 0. The van der Waals surface area contributed by atoms with E-state index in [0.717, 1.165) is 65.3 Å². The highest BCUT2D eigenvalue weighted by atomic mass is 35.5. The van der Waals surface area contributed by atoms with Crippen LogP contribution in [0.3, 0.4) is 0 Å². The summed E-state index contributed by atoms with van der Waals surface area (Å²) in [7, 11) is 0. The van der Waals surface area contributed by atoms with Crippen molar-refractivity contribution in [3.8, 4) is 22.3 Å². The van der Waals surface area contributed by atoms with Crippen LogP contribution in [0.2, 0.25) is 10.0 Å². The molecule has 0 heterocycles. The Morgan fingerprint density at radius 3 is 1.21 bits per heavy atom. The summed E-state index contributed by atoms with van der Waals surface area (Å²) in [5.74, 6) is 0.00768. The maximum atomic E-state index is 13.6. The highest BCUT2D eigenvalue weighted by Gasteiger charge is 2.32. The van der Waals surface area contributed by atoms with Crippen LogP contribution in [0.15, 0.2) is 84.9 Å². The minimum atomic E-state index is 0.00384. The van der Waals surface area contributed by atoms with E-state index in [1.165, 1.54) is 0 Å². The van der Waals surface area contributed by atoms with E-state index in [1.807, 2.05) is 84.9 Å². The van der Waals surface area contributed by atoms with Gasteiger partial charge in [0.25, 0.3) is 0 Å². The fourth-order valence-electron chi connectivity index (χ4n) is 6.93. The minimum absolute atomic E-state index is 0.00384. The summed E-state index contributed by atoms with van der Waals surface area (Å²) in [6, 6.07) is 27.2. The minimum Gasteiger partial charge on any atom is -0.289 e. The van der Waals surface area contributed by atoms with Gasteiger partial charge in [0.15, 0.2) is 11.6 Å². The molecule has 0 saturated carbocycles. The smallest absolute Gasteiger partial charge is 0.194 e. The number of halogens is 2. The second kappa shape index (κ2) is 6.79. The number of fused-ring (bicyclic) bond motifs is 6. The first-order valence-corrected chi connectivity index (χ1v) is 13.2. The Balaban J connectivity index is 1.57. The lowest BCUT2D eigenvalue weighted by atomic mass is 9.76. The van der Waals surface area contributed by atoms with Crippen molar-refractivity contribution in [1.82, 2.24) is 0 Å². The Hall–Kier alpha value is -4.24. The van der Waals surface area contributed by atoms with E-state index in [9.17, 15) is 9.59 Å². The van der Waals surface area contributed by atoms with E-state index in [-0.39, 0.29) is 11.6 Å². The monoisotopic (exact) mass is 524 g/mol. The molecule has 9 rings (SSSR count). The molecule has 0 radical (unpaired) electrons. The maximum absolute atomic E-state index is 13.6. The normalized spacial score (nSPS) is 13.6. The van der Waals surface area contributed by atoms with Crippen LogP contribution >= 0.6 is 23.2 Å². The van der Waals surface area contributed by atoms with Gasteiger partial charge in [-0.15, -0.1) is 0 Å². The third-order valence-electron chi connectivity index (χ3n) is 8.42. The highest BCUT2D eigenvalue weighted by molar-refractivity contribution is 6.47. The molecule has 38 heavy (non-hydrogen) atoms. The van der Waals surface area contributed by atoms with Gasteiger partial charge in [-0.1, -0.05) is 83.9 Å². The van der Waals surface area contributed by atoms with Gasteiger partial charge in [0, 0.05) is 54.2 Å². The Bertz CT molecular complexity index is 2130. The zero-order chi connectivity index (χ0) is 25.4. The summed E-state index contributed by atoms with van der Waals surface area (Å²) in [5, 5.41) is 8.89. The van der Waals surface area contributed by atoms with E-state index in [1.54, 1.807) is 0 Å². The highest BCUT2D eigenvalue weighted by Crippen LogP contribution is 2.53. The molecule has 0 aliphatic heterocycles. The zero-order valence-corrected chi connectivity index (χ0v) is 21.2. The fraction of sp³-hybridized carbons (Fsp3) is 0. The Morgan fingerprint density at radius 2 is 0.789 bits per heavy atom. The Morgan fingerprint density at radius 1 is 0.395 bits per heavy atom. The van der Waals surface area contributed by atoms with E-state index >= 15 is 0 Å². The van der Waals surface area contributed by atoms with E-state index in [0.29, 0.717) is 32.3 Å². The van der Waals surface area contributed by atoms with Crippen molar-refractivity contribution in [2.75, 3.05) is 0 Å². The van der Waals surface area contributed by atoms with Gasteiger partial charge in [0.1, 0.15) is 0 Å². The van der Waals surface area contributed by atoms with E-state index < -0.39 is 0 Å². The number of ketones is 2. The second-order valence-corrected chi connectivity index (χ2v) is 10.9. The molecule has 7 aromatic carbocycles. The zero-order valence-electron chi connectivity index (χ0n) is 19.7. The number of rotatable bonds is 0. The number of carbonyl (C=O) groups is 2. The predicted octanol–water partition coefficient (Wildman–Crippen LogP) is 9.47. The van der Waals surface area contributed by atoms with Crippen molar-refractivity contribution in [1.29, 1.82) is 0 Å². The number of benzene rings is 7. The van der Waals surface area contributed by atoms with Crippen LogP contribution < -0.4 is 0 Å². The van der Waals surface area contributed by atoms with Gasteiger partial charge in [0.2, 0.25) is 0 Å². The van der Waals surface area contributed by atoms with Crippen molar-refractivity contribution in [2.45, 2.75) is 0 Å². The Labute approximate surface area is 226 Å². The van der Waals surface area contributed by atoms with Crippen molar-refractivity contribution < 1.29 is 9.59 Å². The molecule has 2 aliphatic rings. The van der Waals surface area contributed by atoms with Crippen LogP contribution in [-0.4, -0.2) is 11.6 Å². The van der Waals surface area contributed by atoms with Crippen molar-refractivity contribution in [2.24, 2.45) is 0 Å². The molecule has 0 aromatic heterocycles. The lowest BCUT2D eigenvalue weighted by molar-refractivity contribution is 0.103. The molecule has 0 unspecified atom stereocenters. The molecule has 4 heteroatoms. The molecule has 0 fully saturated rings. The van der Waals surface area contributed by atoms with Crippen LogP contribution in [-0.2, 0) is 0 Å². The molecule has 0 N–H and O–H groups in total. The molecular formula is C34H14Cl2O2. The van der Waals surface area contributed by atoms with Crippen LogP contribution in [0, 0.1) is 0 Å². The summed E-state index contributed by atoms with van der Waals surface area (Å²) in [5.41, 5.74) is 6.14. The van der Waals surface area contributed by atoms with Crippen LogP contribution in [0.25, 0.3) is 65.3 Å². The van der Waals surface area contributed by atoms with Crippen LogP contribution in [0.4, 0.5) is 0 Å². The molecule has 176 valence electrons. The average Bonchev–Trinajstić information content (AvgIpc) is 2.94. The fourth-order valence-corrected chi connectivity index (χ4v) is 7.54. The third kappa shape index (κ3) is 2.24. The number of hydrogen-bond acceptors (Lipinski definition) is 2. The average molecular weight is 525 g/mol. The SMILES string of the molecule is O=C1c2ccccc2-c2c(Cl)cc3c4ccc5c6c(c(Cl)cc(c7ccc1c2c73)c64)-c1ccccc1C5=O. The molecule has 0 saturated heterocycles. The number of hydrogen-bond donors (Lipinski definition) is 0. The third-order valence-corrected chi connectivity index (χ3v) is 9.02. The summed E-state index contributed by atoms with van der Waals surface area (Å²) >= 11 is 14.1. The molecule has 0 amide bonds. The van der Waals surface area contributed by atoms with Crippen molar-refractivity contribution in [3.05, 3.63) is 117 Å². The van der Waals surface area contributed by atoms with Gasteiger partial charge in [-0.05, 0) is 67.7 Å². The van der Waals surface area contributed by atoms with Crippen molar-refractivity contribution >= 4 is 77.9 Å². The lowest BCUT2D eigenvalue weighted by Gasteiger charge is -2.26. The first kappa shape index (κ1) is 20.8. The van der Waals surface area contributed by atoms with Gasteiger partial charge in [-0.3, -0.25) is 9.59 Å². The topological polar surface area (TPSA) is 34.1 Å². The molecule has 2 aliphatic carbocycles. The first-order valence-electron chi connectivity index (χ1n) is 12.4. The molecule has 0 spiro atoms. The quantitative estimate of drug-likeness (QED) is 0.146. The van der Waals surface area contributed by atoms with Gasteiger partial charge in [-0.25, -0.2) is 0 Å². The first-order chi connectivity index (χ1) is 18.5. The standard InChI is InChI=1S/C34H14Cl2O2/c35-25-13-23-18-10-12-22-32-28(18)24(14-26(36)30(32)16-6-2-4-8-20(16)34(22)38)17-9-11-21-31(27(17)23)29(25)15-5-1-3-7-19(15)33(21)37/h1-14H. The van der Waals surface area contributed by atoms with E-state index in [4.69, 9.17) is 23.2 Å². The predicted molar refractivity (Wildman–Crippen MR) is 155 cm³/mol. The molecule has 0 atom stereocenters. The summed E-state index contributed by atoms with van der Waals surface area (Å²) < 4.78 is 0. The molecule has 2 nitrogen and oxygen atoms in total. The van der Waals surface area contributed by atoms with Gasteiger partial charge >= 0.3 is 0 Å². The molecular weight excluding hydrogens is 511 g/mol. The van der Waals surface area contributed by atoms with Gasteiger partial charge in [-0.2, -0.15) is 0 Å². The summed E-state index contributed by atoms with van der Waals surface area (Å²) in [6.07, 6.45) is 0.